The molecule has 3 aromatic rings. The molecular weight excluding hydrogens is 294 g/mol. The van der Waals surface area contributed by atoms with Crippen LogP contribution in [0.1, 0.15) is 23.2 Å². The van der Waals surface area contributed by atoms with Crippen LogP contribution in [0.3, 0.4) is 0 Å². The van der Waals surface area contributed by atoms with Gasteiger partial charge in [-0.25, -0.2) is 0 Å². The summed E-state index contributed by atoms with van der Waals surface area (Å²) in [6.07, 6.45) is 0.588. The molecule has 1 aromatic carbocycles. The summed E-state index contributed by atoms with van der Waals surface area (Å²) < 4.78 is 10.4. The molecule has 7 heteroatoms. The van der Waals surface area contributed by atoms with Crippen LogP contribution in [-0.4, -0.2) is 27.4 Å². The van der Waals surface area contributed by atoms with Gasteiger partial charge in [-0.05, 0) is 43.2 Å². The van der Waals surface area contributed by atoms with Crippen molar-refractivity contribution in [3.63, 3.8) is 0 Å². The first-order valence-electron chi connectivity index (χ1n) is 7.18. The number of rotatable bonds is 5. The van der Waals surface area contributed by atoms with Gasteiger partial charge in [0, 0.05) is 0 Å². The minimum atomic E-state index is -0.386. The highest BCUT2D eigenvalue weighted by atomic mass is 16.5. The number of methoxy groups -OCH3 is 1. The molecule has 0 saturated heterocycles. The summed E-state index contributed by atoms with van der Waals surface area (Å²) in [6.45, 7) is 1.86. The van der Waals surface area contributed by atoms with E-state index in [9.17, 15) is 0 Å². The van der Waals surface area contributed by atoms with Gasteiger partial charge < -0.3 is 15.0 Å². The van der Waals surface area contributed by atoms with Crippen LogP contribution in [0.5, 0.6) is 5.75 Å². The topological polar surface area (TPSA) is 100.0 Å². The SMILES string of the molecule is COc1ccc(C[C@H](N)c2nc(-c3ccc(C)nn3)no2)cc1. The normalized spacial score (nSPS) is 12.1. The maximum absolute atomic E-state index is 6.15. The molecule has 0 bridgehead atoms. The predicted molar refractivity (Wildman–Crippen MR) is 83.7 cm³/mol. The summed E-state index contributed by atoms with van der Waals surface area (Å²) in [7, 11) is 1.63. The van der Waals surface area contributed by atoms with Gasteiger partial charge in [-0.3, -0.25) is 0 Å². The van der Waals surface area contributed by atoms with E-state index in [0.717, 1.165) is 17.0 Å². The highest BCUT2D eigenvalue weighted by Gasteiger charge is 2.17. The summed E-state index contributed by atoms with van der Waals surface area (Å²) >= 11 is 0. The van der Waals surface area contributed by atoms with Gasteiger partial charge >= 0.3 is 0 Å². The van der Waals surface area contributed by atoms with Crippen LogP contribution in [0.4, 0.5) is 0 Å². The zero-order chi connectivity index (χ0) is 16.2. The summed E-state index contributed by atoms with van der Waals surface area (Å²) in [5.74, 6) is 1.57. The van der Waals surface area contributed by atoms with Crippen molar-refractivity contribution in [3.05, 3.63) is 53.5 Å². The van der Waals surface area contributed by atoms with Gasteiger partial charge in [-0.1, -0.05) is 17.3 Å². The lowest BCUT2D eigenvalue weighted by atomic mass is 10.1. The van der Waals surface area contributed by atoms with Crippen molar-refractivity contribution >= 4 is 0 Å². The highest BCUT2D eigenvalue weighted by Crippen LogP contribution is 2.20. The Bertz CT molecular complexity index is 768. The fraction of sp³-hybridized carbons (Fsp3) is 0.250. The molecule has 2 aromatic heterocycles. The molecule has 3 rings (SSSR count). The molecule has 0 unspecified atom stereocenters. The van der Waals surface area contributed by atoms with Gasteiger partial charge in [0.2, 0.25) is 11.7 Å². The van der Waals surface area contributed by atoms with Crippen LogP contribution >= 0.6 is 0 Å². The maximum atomic E-state index is 6.15. The molecule has 0 amide bonds. The van der Waals surface area contributed by atoms with E-state index in [2.05, 4.69) is 20.3 Å². The molecule has 2 heterocycles. The largest absolute Gasteiger partial charge is 0.497 e. The summed E-state index contributed by atoms with van der Waals surface area (Å²) in [4.78, 5) is 4.31. The standard InChI is InChI=1S/C16H17N5O2/c1-10-3-8-14(20-19-10)15-18-16(23-21-15)13(17)9-11-4-6-12(22-2)7-5-11/h3-8,13H,9,17H2,1-2H3/t13-/m0/s1. The van der Waals surface area contributed by atoms with E-state index in [1.165, 1.54) is 0 Å². The molecule has 7 nitrogen and oxygen atoms in total. The molecule has 1 atom stereocenters. The molecule has 2 N–H and O–H groups in total. The fourth-order valence-electron chi connectivity index (χ4n) is 2.11. The van der Waals surface area contributed by atoms with Crippen LogP contribution in [0.15, 0.2) is 40.9 Å². The minimum absolute atomic E-state index is 0.373. The third-order valence-electron chi connectivity index (χ3n) is 3.40. The molecule has 118 valence electrons. The number of aryl methyl sites for hydroxylation is 1. The number of benzene rings is 1. The van der Waals surface area contributed by atoms with Crippen molar-refractivity contribution in [1.82, 2.24) is 20.3 Å². The summed E-state index contributed by atoms with van der Waals surface area (Å²) in [6, 6.07) is 11.0. The molecule has 0 fully saturated rings. The Morgan fingerprint density at radius 3 is 2.57 bits per heavy atom. The van der Waals surface area contributed by atoms with Crippen LogP contribution in [0, 0.1) is 6.92 Å². The Labute approximate surface area is 133 Å². The minimum Gasteiger partial charge on any atom is -0.497 e. The van der Waals surface area contributed by atoms with E-state index in [4.69, 9.17) is 15.0 Å². The monoisotopic (exact) mass is 311 g/mol. The molecular formula is C16H17N5O2. The fourth-order valence-corrected chi connectivity index (χ4v) is 2.11. The number of nitrogens with two attached hydrogens (primary N) is 1. The van der Waals surface area contributed by atoms with Gasteiger partial charge in [0.1, 0.15) is 11.4 Å². The molecule has 0 aliphatic rings. The van der Waals surface area contributed by atoms with E-state index < -0.39 is 0 Å². The number of hydrogen-bond acceptors (Lipinski definition) is 7. The zero-order valence-electron chi connectivity index (χ0n) is 12.9. The maximum Gasteiger partial charge on any atom is 0.244 e. The van der Waals surface area contributed by atoms with E-state index in [1.54, 1.807) is 13.2 Å². The number of ether oxygens (including phenoxy) is 1. The number of nitrogens with zero attached hydrogens (tertiary/aromatic N) is 4. The second-order valence-corrected chi connectivity index (χ2v) is 5.17. The van der Waals surface area contributed by atoms with Crippen molar-refractivity contribution in [3.8, 4) is 17.3 Å². The van der Waals surface area contributed by atoms with Crippen LogP contribution in [-0.2, 0) is 6.42 Å². The molecule has 0 radical (unpaired) electrons. The van der Waals surface area contributed by atoms with Crippen molar-refractivity contribution in [2.75, 3.05) is 7.11 Å². The Hall–Kier alpha value is -2.80. The second kappa shape index (κ2) is 6.53. The van der Waals surface area contributed by atoms with Gasteiger partial charge in [0.25, 0.3) is 0 Å². The van der Waals surface area contributed by atoms with Crippen LogP contribution in [0.2, 0.25) is 0 Å². The number of hydrogen-bond donors (Lipinski definition) is 1. The molecule has 23 heavy (non-hydrogen) atoms. The first-order chi connectivity index (χ1) is 11.2. The van der Waals surface area contributed by atoms with Crippen molar-refractivity contribution in [2.24, 2.45) is 5.73 Å². The second-order valence-electron chi connectivity index (χ2n) is 5.17. The van der Waals surface area contributed by atoms with Crippen molar-refractivity contribution in [2.45, 2.75) is 19.4 Å². The van der Waals surface area contributed by atoms with Gasteiger partial charge in [-0.2, -0.15) is 10.1 Å². The van der Waals surface area contributed by atoms with E-state index in [1.807, 2.05) is 37.3 Å². The zero-order valence-corrected chi connectivity index (χ0v) is 12.9. The lowest BCUT2D eigenvalue weighted by molar-refractivity contribution is 0.354. The van der Waals surface area contributed by atoms with Gasteiger partial charge in [0.15, 0.2) is 0 Å². The van der Waals surface area contributed by atoms with Gasteiger partial charge in [0.05, 0.1) is 18.8 Å². The van der Waals surface area contributed by atoms with Crippen LogP contribution in [0.25, 0.3) is 11.5 Å². The van der Waals surface area contributed by atoms with Crippen LogP contribution < -0.4 is 10.5 Å². The van der Waals surface area contributed by atoms with E-state index in [0.29, 0.717) is 23.8 Å². The molecule has 0 spiro atoms. The third kappa shape index (κ3) is 3.51. The molecule has 0 aliphatic heterocycles. The highest BCUT2D eigenvalue weighted by molar-refractivity contribution is 5.46. The van der Waals surface area contributed by atoms with E-state index in [-0.39, 0.29) is 6.04 Å². The Kier molecular flexibility index (Phi) is 4.29. The average molecular weight is 311 g/mol. The number of aromatic nitrogens is 4. The lowest BCUT2D eigenvalue weighted by Crippen LogP contribution is -2.13. The Morgan fingerprint density at radius 1 is 1.13 bits per heavy atom. The molecule has 0 saturated carbocycles. The Morgan fingerprint density at radius 2 is 1.91 bits per heavy atom. The van der Waals surface area contributed by atoms with Crippen molar-refractivity contribution < 1.29 is 9.26 Å². The lowest BCUT2D eigenvalue weighted by Gasteiger charge is -2.07. The quantitative estimate of drug-likeness (QED) is 0.770. The first-order valence-corrected chi connectivity index (χ1v) is 7.18. The first kappa shape index (κ1) is 15.1. The van der Waals surface area contributed by atoms with Crippen molar-refractivity contribution in [1.29, 1.82) is 0 Å². The van der Waals surface area contributed by atoms with Gasteiger partial charge in [-0.15, -0.1) is 5.10 Å². The summed E-state index contributed by atoms with van der Waals surface area (Å²) in [5, 5.41) is 11.9. The summed E-state index contributed by atoms with van der Waals surface area (Å²) in [5.41, 5.74) is 8.60. The smallest absolute Gasteiger partial charge is 0.244 e. The average Bonchev–Trinajstić information content (AvgIpc) is 3.06. The third-order valence-corrected chi connectivity index (χ3v) is 3.40. The Balaban J connectivity index is 1.72. The molecule has 0 aliphatic carbocycles. The predicted octanol–water partition coefficient (Wildman–Crippen LogP) is 2.09. The van der Waals surface area contributed by atoms with E-state index >= 15 is 0 Å².